The number of fused-ring (bicyclic) bond motifs is 1. The Morgan fingerprint density at radius 2 is 2.38 bits per heavy atom. The molecular formula is C9H5BrN2S. The summed E-state index contributed by atoms with van der Waals surface area (Å²) in [5, 5.41) is 9.40. The summed E-state index contributed by atoms with van der Waals surface area (Å²) in [6.45, 7) is 0. The number of rotatable bonds is 1. The van der Waals surface area contributed by atoms with Crippen LogP contribution in [0.5, 0.6) is 0 Å². The normalized spacial score (nSPS) is 10.2. The van der Waals surface area contributed by atoms with E-state index in [9.17, 15) is 0 Å². The summed E-state index contributed by atoms with van der Waals surface area (Å²) in [5.41, 5.74) is 0.963. The second-order valence-electron chi connectivity index (χ2n) is 2.53. The summed E-state index contributed by atoms with van der Waals surface area (Å²) in [5.74, 6) is 0. The van der Waals surface area contributed by atoms with E-state index in [2.05, 4.69) is 27.0 Å². The molecule has 0 amide bonds. The minimum Gasteiger partial charge on any atom is -0.240 e. The molecule has 0 atom stereocenters. The van der Waals surface area contributed by atoms with Crippen LogP contribution in [0.15, 0.2) is 22.7 Å². The maximum Gasteiger partial charge on any atom is 0.108 e. The maximum absolute atomic E-state index is 8.52. The predicted octanol–water partition coefficient (Wildman–Crippen LogP) is 3.12. The topological polar surface area (TPSA) is 36.7 Å². The van der Waals surface area contributed by atoms with E-state index in [1.54, 1.807) is 11.3 Å². The molecule has 0 bridgehead atoms. The monoisotopic (exact) mass is 252 g/mol. The van der Waals surface area contributed by atoms with Gasteiger partial charge in [0.25, 0.3) is 0 Å². The van der Waals surface area contributed by atoms with E-state index in [1.807, 2.05) is 18.2 Å². The van der Waals surface area contributed by atoms with Crippen molar-refractivity contribution in [3.63, 3.8) is 0 Å². The Balaban J connectivity index is 2.63. The molecule has 1 aromatic heterocycles. The van der Waals surface area contributed by atoms with E-state index in [0.717, 1.165) is 19.7 Å². The van der Waals surface area contributed by atoms with Gasteiger partial charge >= 0.3 is 0 Å². The molecule has 13 heavy (non-hydrogen) atoms. The molecule has 0 unspecified atom stereocenters. The first-order valence-corrected chi connectivity index (χ1v) is 5.33. The molecule has 0 saturated heterocycles. The number of hydrogen-bond acceptors (Lipinski definition) is 3. The van der Waals surface area contributed by atoms with Crippen LogP contribution in [0.3, 0.4) is 0 Å². The Bertz CT molecular complexity index is 484. The molecule has 1 heterocycles. The highest BCUT2D eigenvalue weighted by atomic mass is 79.9. The highest BCUT2D eigenvalue weighted by Gasteiger charge is 2.05. The number of nitrogens with zero attached hydrogens (tertiary/aromatic N) is 2. The Hall–Kier alpha value is -0.920. The second-order valence-corrected chi connectivity index (χ2v) is 4.47. The molecule has 0 aliphatic rings. The first-order chi connectivity index (χ1) is 6.31. The lowest BCUT2D eigenvalue weighted by molar-refractivity contribution is 1.21. The molecule has 2 aromatic rings. The molecule has 64 valence electrons. The van der Waals surface area contributed by atoms with Crippen LogP contribution in [0.1, 0.15) is 5.01 Å². The van der Waals surface area contributed by atoms with Crippen LogP contribution in [0.2, 0.25) is 0 Å². The summed E-state index contributed by atoms with van der Waals surface area (Å²) in [6.07, 6.45) is 0.395. The lowest BCUT2D eigenvalue weighted by atomic mass is 10.3. The van der Waals surface area contributed by atoms with E-state index >= 15 is 0 Å². The van der Waals surface area contributed by atoms with Gasteiger partial charge in [-0.3, -0.25) is 0 Å². The minimum absolute atomic E-state index is 0.395. The number of nitriles is 1. The molecule has 0 spiro atoms. The summed E-state index contributed by atoms with van der Waals surface area (Å²) in [7, 11) is 0. The first kappa shape index (κ1) is 8.67. The fourth-order valence-electron chi connectivity index (χ4n) is 1.10. The third-order valence-corrected chi connectivity index (χ3v) is 3.67. The lowest BCUT2D eigenvalue weighted by Crippen LogP contribution is -1.75. The van der Waals surface area contributed by atoms with Crippen LogP contribution in [0.4, 0.5) is 0 Å². The Morgan fingerprint density at radius 3 is 3.08 bits per heavy atom. The highest BCUT2D eigenvalue weighted by molar-refractivity contribution is 9.10. The number of halogens is 1. The zero-order chi connectivity index (χ0) is 9.26. The molecular weight excluding hydrogens is 248 g/mol. The molecule has 0 fully saturated rings. The second kappa shape index (κ2) is 3.44. The van der Waals surface area contributed by atoms with Crippen molar-refractivity contribution in [2.24, 2.45) is 0 Å². The smallest absolute Gasteiger partial charge is 0.108 e. The fraction of sp³-hybridized carbons (Fsp3) is 0.111. The van der Waals surface area contributed by atoms with Crippen molar-refractivity contribution in [1.82, 2.24) is 4.98 Å². The average Bonchev–Trinajstić information content (AvgIpc) is 2.49. The predicted molar refractivity (Wildman–Crippen MR) is 56.6 cm³/mol. The summed E-state index contributed by atoms with van der Waals surface area (Å²) in [6, 6.07) is 7.98. The van der Waals surface area contributed by atoms with E-state index in [1.165, 1.54) is 0 Å². The van der Waals surface area contributed by atoms with Crippen LogP contribution < -0.4 is 0 Å². The Morgan fingerprint density at radius 1 is 1.54 bits per heavy atom. The van der Waals surface area contributed by atoms with Gasteiger partial charge in [-0.15, -0.1) is 11.3 Å². The first-order valence-electron chi connectivity index (χ1n) is 3.72. The molecule has 0 saturated carbocycles. The molecule has 2 rings (SSSR count). The van der Waals surface area contributed by atoms with E-state index in [-0.39, 0.29) is 0 Å². The van der Waals surface area contributed by atoms with Gasteiger partial charge < -0.3 is 0 Å². The van der Waals surface area contributed by atoms with Crippen molar-refractivity contribution in [2.75, 3.05) is 0 Å². The molecule has 0 aliphatic carbocycles. The van der Waals surface area contributed by atoms with Crippen LogP contribution in [0, 0.1) is 11.3 Å². The Labute approximate surface area is 88.0 Å². The zero-order valence-corrected chi connectivity index (χ0v) is 9.02. The number of thiazole rings is 1. The Kier molecular flexibility index (Phi) is 2.30. The summed E-state index contributed by atoms with van der Waals surface area (Å²) >= 11 is 5.02. The third-order valence-electron chi connectivity index (χ3n) is 1.64. The van der Waals surface area contributed by atoms with Gasteiger partial charge in [0.15, 0.2) is 0 Å². The number of aromatic nitrogens is 1. The van der Waals surface area contributed by atoms with E-state index in [0.29, 0.717) is 6.42 Å². The van der Waals surface area contributed by atoms with Crippen molar-refractivity contribution >= 4 is 37.5 Å². The largest absolute Gasteiger partial charge is 0.240 e. The van der Waals surface area contributed by atoms with Gasteiger partial charge in [-0.05, 0) is 28.1 Å². The number of hydrogen-bond donors (Lipinski definition) is 0. The highest BCUT2D eigenvalue weighted by Crippen LogP contribution is 2.29. The van der Waals surface area contributed by atoms with E-state index in [4.69, 9.17) is 5.26 Å². The maximum atomic E-state index is 8.52. The van der Waals surface area contributed by atoms with Gasteiger partial charge in [0.05, 0.1) is 22.7 Å². The number of benzene rings is 1. The quantitative estimate of drug-likeness (QED) is 0.782. The molecule has 0 N–H and O–H groups in total. The van der Waals surface area contributed by atoms with Crippen LogP contribution in [0.25, 0.3) is 10.2 Å². The summed E-state index contributed by atoms with van der Waals surface area (Å²) in [4.78, 5) is 4.33. The minimum atomic E-state index is 0.395. The SMILES string of the molecule is N#CCc1nc2cccc(Br)c2s1. The van der Waals surface area contributed by atoms with Gasteiger partial charge in [0, 0.05) is 4.47 Å². The van der Waals surface area contributed by atoms with Crippen molar-refractivity contribution in [3.8, 4) is 6.07 Å². The van der Waals surface area contributed by atoms with Crippen molar-refractivity contribution in [1.29, 1.82) is 5.26 Å². The van der Waals surface area contributed by atoms with Crippen molar-refractivity contribution in [2.45, 2.75) is 6.42 Å². The molecule has 1 aromatic carbocycles. The molecule has 0 radical (unpaired) electrons. The molecule has 2 nitrogen and oxygen atoms in total. The van der Waals surface area contributed by atoms with Gasteiger partial charge in [-0.2, -0.15) is 5.26 Å². The van der Waals surface area contributed by atoms with Gasteiger partial charge in [0.2, 0.25) is 0 Å². The van der Waals surface area contributed by atoms with Gasteiger partial charge in [0.1, 0.15) is 5.01 Å². The average molecular weight is 253 g/mol. The zero-order valence-electron chi connectivity index (χ0n) is 6.62. The van der Waals surface area contributed by atoms with Crippen LogP contribution in [-0.4, -0.2) is 4.98 Å². The van der Waals surface area contributed by atoms with Gasteiger partial charge in [-0.1, -0.05) is 6.07 Å². The van der Waals surface area contributed by atoms with Gasteiger partial charge in [-0.25, -0.2) is 4.98 Å². The van der Waals surface area contributed by atoms with Crippen LogP contribution in [-0.2, 0) is 6.42 Å². The van der Waals surface area contributed by atoms with Crippen LogP contribution >= 0.6 is 27.3 Å². The fourth-order valence-corrected chi connectivity index (χ4v) is 2.60. The molecule has 4 heteroatoms. The summed E-state index contributed by atoms with van der Waals surface area (Å²) < 4.78 is 2.17. The van der Waals surface area contributed by atoms with E-state index < -0.39 is 0 Å². The van der Waals surface area contributed by atoms with Crippen molar-refractivity contribution < 1.29 is 0 Å². The molecule has 0 aliphatic heterocycles. The third kappa shape index (κ3) is 1.58. The standard InChI is InChI=1S/C9H5BrN2S/c10-6-2-1-3-7-9(6)13-8(12-7)4-5-11/h1-3H,4H2. The lowest BCUT2D eigenvalue weighted by Gasteiger charge is -1.88. The van der Waals surface area contributed by atoms with Crippen molar-refractivity contribution in [3.05, 3.63) is 27.7 Å².